The fourth-order valence-electron chi connectivity index (χ4n) is 8.00. The monoisotopic (exact) mass is 723 g/mol. The minimum Gasteiger partial charge on any atom is -0.396 e. The number of aliphatic hydroxyl groups excluding tert-OH is 1. The van der Waals surface area contributed by atoms with Crippen molar-refractivity contribution in [3.63, 3.8) is 0 Å². The summed E-state index contributed by atoms with van der Waals surface area (Å²) in [5, 5.41) is 20.2. The van der Waals surface area contributed by atoms with E-state index in [9.17, 15) is 5.11 Å². The lowest BCUT2D eigenvalue weighted by atomic mass is 9.85. The van der Waals surface area contributed by atoms with Gasteiger partial charge in [-0.15, -0.1) is 0 Å². The summed E-state index contributed by atoms with van der Waals surface area (Å²) in [6.07, 6.45) is 55.1. The molecule has 0 saturated carbocycles. The Bertz CT molecular complexity index is 549. The topological polar surface area (TPSA) is 40.5 Å². The number of aliphatic hydroxyl groups is 2. The maximum absolute atomic E-state index is 11.1. The van der Waals surface area contributed by atoms with Gasteiger partial charge in [-0.1, -0.05) is 266 Å². The molecule has 0 heterocycles. The molecule has 2 heteroatoms. The van der Waals surface area contributed by atoms with Gasteiger partial charge in [0.2, 0.25) is 0 Å². The molecule has 0 aromatic heterocycles. The second-order valence-electron chi connectivity index (χ2n) is 17.0. The summed E-state index contributed by atoms with van der Waals surface area (Å²) in [4.78, 5) is 0. The molecule has 0 saturated heterocycles. The highest BCUT2D eigenvalue weighted by Gasteiger charge is 2.24. The first-order chi connectivity index (χ1) is 25.0. The van der Waals surface area contributed by atoms with E-state index in [0.29, 0.717) is 6.61 Å². The van der Waals surface area contributed by atoms with Crippen LogP contribution in [0, 0.1) is 5.92 Å². The molecule has 2 nitrogen and oxygen atoms in total. The molecule has 0 amide bonds. The lowest BCUT2D eigenvalue weighted by molar-refractivity contribution is 0.00746. The van der Waals surface area contributed by atoms with Gasteiger partial charge in [0.1, 0.15) is 0 Å². The molecular formula is C49H102O2. The molecule has 0 fully saturated rings. The van der Waals surface area contributed by atoms with E-state index in [4.69, 9.17) is 5.11 Å². The van der Waals surface area contributed by atoms with Crippen molar-refractivity contribution in [1.82, 2.24) is 0 Å². The smallest absolute Gasteiger partial charge is 0.0647 e. The van der Waals surface area contributed by atoms with Crippen LogP contribution in [-0.4, -0.2) is 22.4 Å². The number of hydrogen-bond donors (Lipinski definition) is 2. The third-order valence-electron chi connectivity index (χ3n) is 11.7. The van der Waals surface area contributed by atoms with Gasteiger partial charge in [0.25, 0.3) is 0 Å². The number of hydrogen-bond acceptors (Lipinski definition) is 2. The Balaban J connectivity index is 0. The summed E-state index contributed by atoms with van der Waals surface area (Å²) in [5.74, 6) is 0.882. The van der Waals surface area contributed by atoms with Crippen LogP contribution in [0.3, 0.4) is 0 Å². The van der Waals surface area contributed by atoms with Crippen LogP contribution in [-0.2, 0) is 0 Å². The lowest BCUT2D eigenvalue weighted by Gasteiger charge is -2.28. The maximum atomic E-state index is 11.1. The Morgan fingerprint density at radius 1 is 0.294 bits per heavy atom. The van der Waals surface area contributed by atoms with Gasteiger partial charge in [-0.25, -0.2) is 0 Å². The molecule has 310 valence electrons. The van der Waals surface area contributed by atoms with Crippen molar-refractivity contribution in [1.29, 1.82) is 0 Å². The van der Waals surface area contributed by atoms with Gasteiger partial charge in [-0.3, -0.25) is 0 Å². The summed E-state index contributed by atoms with van der Waals surface area (Å²) < 4.78 is 0. The quantitative estimate of drug-likeness (QED) is 0.0616. The SMILES string of the molecule is CCCCCCCCCCC(CCCO)CCCCCCCCCC.CCCCCCCCCCC(O)(CCCC)CCCCCCCCCC. The van der Waals surface area contributed by atoms with E-state index in [1.807, 2.05) is 0 Å². The Labute approximate surface area is 325 Å². The van der Waals surface area contributed by atoms with E-state index in [-0.39, 0.29) is 5.60 Å². The predicted octanol–water partition coefficient (Wildman–Crippen LogP) is 17.4. The summed E-state index contributed by atoms with van der Waals surface area (Å²) in [6.45, 7) is 11.8. The van der Waals surface area contributed by atoms with E-state index < -0.39 is 0 Å². The van der Waals surface area contributed by atoms with Crippen molar-refractivity contribution in [2.24, 2.45) is 5.92 Å². The fraction of sp³-hybridized carbons (Fsp3) is 1.00. The van der Waals surface area contributed by atoms with Crippen LogP contribution in [0.2, 0.25) is 0 Å². The largest absolute Gasteiger partial charge is 0.396 e. The second-order valence-corrected chi connectivity index (χ2v) is 17.0. The van der Waals surface area contributed by atoms with Crippen LogP contribution >= 0.6 is 0 Å². The highest BCUT2D eigenvalue weighted by molar-refractivity contribution is 4.78. The Morgan fingerprint density at radius 3 is 0.824 bits per heavy atom. The molecule has 51 heavy (non-hydrogen) atoms. The minimum absolute atomic E-state index is 0.361. The molecule has 0 spiro atoms. The highest BCUT2D eigenvalue weighted by Crippen LogP contribution is 2.29. The van der Waals surface area contributed by atoms with Gasteiger partial charge in [0.15, 0.2) is 0 Å². The average Bonchev–Trinajstić information content (AvgIpc) is 3.14. The molecule has 0 atom stereocenters. The van der Waals surface area contributed by atoms with Crippen molar-refractivity contribution >= 4 is 0 Å². The summed E-state index contributed by atoms with van der Waals surface area (Å²) >= 11 is 0. The lowest BCUT2D eigenvalue weighted by Crippen LogP contribution is -2.28. The van der Waals surface area contributed by atoms with Crippen molar-refractivity contribution in [2.75, 3.05) is 6.61 Å². The van der Waals surface area contributed by atoms with E-state index in [1.165, 1.54) is 238 Å². The molecule has 0 aromatic rings. The minimum atomic E-state index is -0.361. The molecular weight excluding hydrogens is 621 g/mol. The van der Waals surface area contributed by atoms with Gasteiger partial charge in [-0.05, 0) is 38.0 Å². The first-order valence-electron chi connectivity index (χ1n) is 24.4. The molecule has 0 aliphatic heterocycles. The van der Waals surface area contributed by atoms with Crippen LogP contribution in [0.25, 0.3) is 0 Å². The third kappa shape index (κ3) is 44.2. The van der Waals surface area contributed by atoms with Crippen molar-refractivity contribution in [3.05, 3.63) is 0 Å². The predicted molar refractivity (Wildman–Crippen MR) is 233 cm³/mol. The Morgan fingerprint density at radius 2 is 0.529 bits per heavy atom. The van der Waals surface area contributed by atoms with E-state index in [2.05, 4.69) is 34.6 Å². The van der Waals surface area contributed by atoms with E-state index >= 15 is 0 Å². The third-order valence-corrected chi connectivity index (χ3v) is 11.7. The van der Waals surface area contributed by atoms with Crippen LogP contribution in [0.1, 0.15) is 298 Å². The van der Waals surface area contributed by atoms with E-state index in [0.717, 1.165) is 31.6 Å². The molecule has 0 aliphatic rings. The first kappa shape index (κ1) is 53.0. The van der Waals surface area contributed by atoms with Gasteiger partial charge < -0.3 is 10.2 Å². The molecule has 0 aromatic carbocycles. The number of rotatable bonds is 42. The standard InChI is InChI=1S/C25H52O.C24H50O/c1-4-7-10-12-14-16-18-20-23-25(26,22-9-6-3)24-21-19-17-15-13-11-8-5-2;1-3-5-7-9-11-13-15-17-20-24(22-19-23-25)21-18-16-14-12-10-8-6-4-2/h26H,4-24H2,1-3H3;24-25H,3-23H2,1-2H3. The fourth-order valence-corrected chi connectivity index (χ4v) is 8.00. The highest BCUT2D eigenvalue weighted by atomic mass is 16.3. The van der Waals surface area contributed by atoms with Crippen LogP contribution in [0.4, 0.5) is 0 Å². The van der Waals surface area contributed by atoms with Crippen LogP contribution in [0.5, 0.6) is 0 Å². The molecule has 0 bridgehead atoms. The summed E-state index contributed by atoms with van der Waals surface area (Å²) in [7, 11) is 0. The molecule has 0 radical (unpaired) electrons. The zero-order chi connectivity index (χ0) is 37.8. The maximum Gasteiger partial charge on any atom is 0.0647 e. The van der Waals surface area contributed by atoms with Crippen molar-refractivity contribution in [3.8, 4) is 0 Å². The first-order valence-corrected chi connectivity index (χ1v) is 24.4. The molecule has 0 aliphatic carbocycles. The Kier molecular flexibility index (Phi) is 47.9. The molecule has 0 rings (SSSR count). The van der Waals surface area contributed by atoms with Crippen molar-refractivity contribution < 1.29 is 10.2 Å². The summed E-state index contributed by atoms with van der Waals surface area (Å²) in [5.41, 5.74) is -0.361. The average molecular weight is 723 g/mol. The van der Waals surface area contributed by atoms with Crippen LogP contribution < -0.4 is 0 Å². The Hall–Kier alpha value is -0.0800. The van der Waals surface area contributed by atoms with E-state index in [1.54, 1.807) is 0 Å². The second kappa shape index (κ2) is 46.1. The van der Waals surface area contributed by atoms with Gasteiger partial charge >= 0.3 is 0 Å². The number of unbranched alkanes of at least 4 members (excludes halogenated alkanes) is 29. The van der Waals surface area contributed by atoms with Crippen LogP contribution in [0.15, 0.2) is 0 Å². The van der Waals surface area contributed by atoms with Gasteiger partial charge in [0, 0.05) is 6.61 Å². The normalized spacial score (nSPS) is 11.8. The molecule has 0 unspecified atom stereocenters. The zero-order valence-electron chi connectivity index (χ0n) is 36.7. The van der Waals surface area contributed by atoms with Crippen molar-refractivity contribution in [2.45, 2.75) is 303 Å². The molecule has 2 N–H and O–H groups in total. The summed E-state index contributed by atoms with van der Waals surface area (Å²) in [6, 6.07) is 0. The van der Waals surface area contributed by atoms with Gasteiger partial charge in [-0.2, -0.15) is 0 Å². The zero-order valence-corrected chi connectivity index (χ0v) is 36.7. The van der Waals surface area contributed by atoms with Gasteiger partial charge in [0.05, 0.1) is 5.60 Å².